The van der Waals surface area contributed by atoms with Gasteiger partial charge in [0.1, 0.15) is 19.0 Å². The molecule has 0 aliphatic heterocycles. The third kappa shape index (κ3) is 6.22. The first-order valence-electron chi connectivity index (χ1n) is 7.05. The molecule has 0 aromatic heterocycles. The van der Waals surface area contributed by atoms with E-state index >= 15 is 0 Å². The zero-order valence-corrected chi connectivity index (χ0v) is 13.2. The van der Waals surface area contributed by atoms with Crippen molar-refractivity contribution in [1.29, 1.82) is 0 Å². The Morgan fingerprint density at radius 1 is 1.13 bits per heavy atom. The van der Waals surface area contributed by atoms with Gasteiger partial charge in [-0.25, -0.2) is 4.79 Å². The summed E-state index contributed by atoms with van der Waals surface area (Å²) in [6, 6.07) is 8.69. The molecule has 0 atom stereocenters. The lowest BCUT2D eigenvalue weighted by molar-refractivity contribution is -0.138. The van der Waals surface area contributed by atoms with Gasteiger partial charge in [0.25, 0.3) is 0 Å². The maximum Gasteiger partial charge on any atom is 0.330 e. The quantitative estimate of drug-likeness (QED) is 0.199. The van der Waals surface area contributed by atoms with E-state index in [1.807, 2.05) is 6.07 Å². The van der Waals surface area contributed by atoms with Crippen LogP contribution in [0.2, 0.25) is 0 Å². The van der Waals surface area contributed by atoms with Gasteiger partial charge in [-0.15, -0.1) is 0 Å². The van der Waals surface area contributed by atoms with Crippen LogP contribution in [0.25, 0.3) is 0 Å². The Morgan fingerprint density at radius 2 is 1.74 bits per heavy atom. The third-order valence-corrected chi connectivity index (χ3v) is 2.92. The van der Waals surface area contributed by atoms with Crippen LogP contribution in [0.15, 0.2) is 66.2 Å². The fourth-order valence-corrected chi connectivity index (χ4v) is 1.67. The van der Waals surface area contributed by atoms with E-state index in [4.69, 9.17) is 9.47 Å². The van der Waals surface area contributed by atoms with Crippen LogP contribution in [-0.2, 0) is 14.3 Å². The first-order valence-corrected chi connectivity index (χ1v) is 7.05. The molecule has 0 aliphatic carbocycles. The van der Waals surface area contributed by atoms with Crippen LogP contribution in [0, 0.1) is 0 Å². The molecule has 0 bridgehead atoms. The molecule has 1 N–H and O–H groups in total. The predicted octanol–water partition coefficient (Wildman–Crippen LogP) is 3.35. The van der Waals surface area contributed by atoms with E-state index in [1.54, 1.807) is 38.1 Å². The minimum absolute atomic E-state index is 0.0719. The highest BCUT2D eigenvalue weighted by molar-refractivity contribution is 6.08. The molecule has 0 heterocycles. The Hall–Kier alpha value is -2.82. The van der Waals surface area contributed by atoms with Gasteiger partial charge in [-0.1, -0.05) is 36.9 Å². The van der Waals surface area contributed by atoms with Crippen molar-refractivity contribution in [2.24, 2.45) is 0 Å². The number of ether oxygens (including phenoxy) is 2. The smallest absolute Gasteiger partial charge is 0.330 e. The highest BCUT2D eigenvalue weighted by Crippen LogP contribution is 2.13. The molecule has 23 heavy (non-hydrogen) atoms. The molecule has 1 aromatic rings. The lowest BCUT2D eigenvalue weighted by Crippen LogP contribution is -2.08. The van der Waals surface area contributed by atoms with Crippen molar-refractivity contribution < 1.29 is 24.2 Å². The SMILES string of the molecule is C=CC(=O)OCCO/C(C)=C/C(O)=C(\C)C(=O)c1ccccc1. The molecule has 0 radical (unpaired) electrons. The average Bonchev–Trinajstić information content (AvgIpc) is 2.57. The summed E-state index contributed by atoms with van der Waals surface area (Å²) in [6.07, 6.45) is 2.42. The number of ketones is 1. The topological polar surface area (TPSA) is 72.8 Å². The Labute approximate surface area is 135 Å². The summed E-state index contributed by atoms with van der Waals surface area (Å²) in [5.74, 6) is -0.550. The molecule has 0 unspecified atom stereocenters. The molecule has 0 fully saturated rings. The molecule has 5 heteroatoms. The van der Waals surface area contributed by atoms with Gasteiger partial charge in [0.15, 0.2) is 5.78 Å². The zero-order chi connectivity index (χ0) is 17.2. The fraction of sp³-hybridized carbons (Fsp3) is 0.222. The van der Waals surface area contributed by atoms with Gasteiger partial charge in [-0.05, 0) is 13.8 Å². The normalized spacial score (nSPS) is 12.2. The highest BCUT2D eigenvalue weighted by Gasteiger charge is 2.11. The van der Waals surface area contributed by atoms with E-state index in [1.165, 1.54) is 6.08 Å². The molecule has 5 nitrogen and oxygen atoms in total. The Balaban J connectivity index is 2.63. The molecule has 0 spiro atoms. The molecule has 1 rings (SSSR count). The largest absolute Gasteiger partial charge is 0.507 e. The Morgan fingerprint density at radius 3 is 2.35 bits per heavy atom. The van der Waals surface area contributed by atoms with Gasteiger partial charge in [-0.2, -0.15) is 0 Å². The number of benzene rings is 1. The van der Waals surface area contributed by atoms with Crippen molar-refractivity contribution >= 4 is 11.8 Å². The number of aliphatic hydroxyl groups excluding tert-OH is 1. The predicted molar refractivity (Wildman–Crippen MR) is 87.0 cm³/mol. The van der Waals surface area contributed by atoms with Gasteiger partial charge < -0.3 is 14.6 Å². The van der Waals surface area contributed by atoms with E-state index in [0.29, 0.717) is 11.3 Å². The number of carbonyl (C=O) groups excluding carboxylic acids is 2. The van der Waals surface area contributed by atoms with Gasteiger partial charge in [0, 0.05) is 23.3 Å². The monoisotopic (exact) mass is 316 g/mol. The number of aliphatic hydroxyl groups is 1. The second kappa shape index (κ2) is 9.25. The fourth-order valence-electron chi connectivity index (χ4n) is 1.67. The Bertz CT molecular complexity index is 626. The van der Waals surface area contributed by atoms with Crippen LogP contribution in [-0.4, -0.2) is 30.1 Å². The molecular formula is C18H20O5. The van der Waals surface area contributed by atoms with Crippen LogP contribution in [0.3, 0.4) is 0 Å². The number of esters is 1. The first kappa shape index (κ1) is 18.2. The summed E-state index contributed by atoms with van der Waals surface area (Å²) in [5, 5.41) is 10.0. The second-order valence-corrected chi connectivity index (χ2v) is 4.68. The van der Waals surface area contributed by atoms with E-state index in [0.717, 1.165) is 6.08 Å². The molecule has 0 saturated heterocycles. The summed E-state index contributed by atoms with van der Waals surface area (Å²) in [5.41, 5.74) is 0.720. The zero-order valence-electron chi connectivity index (χ0n) is 13.2. The lowest BCUT2D eigenvalue weighted by Gasteiger charge is -2.07. The number of allylic oxidation sites excluding steroid dienone is 3. The van der Waals surface area contributed by atoms with Crippen LogP contribution in [0.5, 0.6) is 0 Å². The molecule has 1 aromatic carbocycles. The molecule has 0 saturated carbocycles. The molecule has 0 aliphatic rings. The number of hydrogen-bond donors (Lipinski definition) is 1. The number of hydrogen-bond acceptors (Lipinski definition) is 5. The molecular weight excluding hydrogens is 296 g/mol. The van der Waals surface area contributed by atoms with E-state index in [2.05, 4.69) is 6.58 Å². The third-order valence-electron chi connectivity index (χ3n) is 2.92. The minimum Gasteiger partial charge on any atom is -0.507 e. The van der Waals surface area contributed by atoms with E-state index in [-0.39, 0.29) is 30.3 Å². The van der Waals surface area contributed by atoms with Crippen molar-refractivity contribution in [3.63, 3.8) is 0 Å². The van der Waals surface area contributed by atoms with Crippen molar-refractivity contribution in [1.82, 2.24) is 0 Å². The minimum atomic E-state index is -0.526. The van der Waals surface area contributed by atoms with Crippen molar-refractivity contribution in [3.8, 4) is 0 Å². The summed E-state index contributed by atoms with van der Waals surface area (Å²) in [4.78, 5) is 23.0. The maximum atomic E-state index is 12.2. The van der Waals surface area contributed by atoms with E-state index in [9.17, 15) is 14.7 Å². The van der Waals surface area contributed by atoms with Gasteiger partial charge in [-0.3, -0.25) is 4.79 Å². The molecule has 0 amide bonds. The van der Waals surface area contributed by atoms with Crippen molar-refractivity contribution in [3.05, 3.63) is 71.7 Å². The summed E-state index contributed by atoms with van der Waals surface area (Å²) < 4.78 is 10.0. The van der Waals surface area contributed by atoms with Crippen LogP contribution in [0.1, 0.15) is 24.2 Å². The van der Waals surface area contributed by atoms with Crippen LogP contribution < -0.4 is 0 Å². The first-order chi connectivity index (χ1) is 11.0. The van der Waals surface area contributed by atoms with Crippen molar-refractivity contribution in [2.75, 3.05) is 13.2 Å². The van der Waals surface area contributed by atoms with Gasteiger partial charge in [0.05, 0.1) is 5.76 Å². The van der Waals surface area contributed by atoms with Crippen molar-refractivity contribution in [2.45, 2.75) is 13.8 Å². The van der Waals surface area contributed by atoms with E-state index < -0.39 is 5.97 Å². The number of Topliss-reactive ketones (excluding diaryl/α,β-unsaturated/α-hetero) is 1. The van der Waals surface area contributed by atoms with Gasteiger partial charge >= 0.3 is 5.97 Å². The summed E-state index contributed by atoms with van der Waals surface area (Å²) >= 11 is 0. The number of carbonyl (C=O) groups is 2. The van der Waals surface area contributed by atoms with Gasteiger partial charge in [0.2, 0.25) is 0 Å². The maximum absolute atomic E-state index is 12.2. The summed E-state index contributed by atoms with van der Waals surface area (Å²) in [7, 11) is 0. The second-order valence-electron chi connectivity index (χ2n) is 4.68. The lowest BCUT2D eigenvalue weighted by atomic mass is 10.0. The Kier molecular flexibility index (Phi) is 7.33. The van der Waals surface area contributed by atoms with Crippen LogP contribution >= 0.6 is 0 Å². The standard InChI is InChI=1S/C18H20O5/c1-4-17(20)23-11-10-22-13(2)12-16(19)14(3)18(21)15-8-6-5-7-9-15/h4-9,12,19H,1,10-11H2,2-3H3/b13-12+,16-14-. The highest BCUT2D eigenvalue weighted by atomic mass is 16.6. The van der Waals surface area contributed by atoms with Crippen LogP contribution in [0.4, 0.5) is 0 Å². The summed E-state index contributed by atoms with van der Waals surface area (Å²) in [6.45, 7) is 6.66. The number of rotatable bonds is 8. The molecule has 122 valence electrons. The average molecular weight is 316 g/mol.